The summed E-state index contributed by atoms with van der Waals surface area (Å²) in [5, 5.41) is 2.84. The van der Waals surface area contributed by atoms with Crippen molar-refractivity contribution >= 4 is 15.9 Å². The number of hydrogen-bond acceptors (Lipinski definition) is 3. The van der Waals surface area contributed by atoms with E-state index in [0.717, 1.165) is 11.1 Å². The van der Waals surface area contributed by atoms with Gasteiger partial charge >= 0.3 is 0 Å². The van der Waals surface area contributed by atoms with Gasteiger partial charge in [-0.3, -0.25) is 4.79 Å². The highest BCUT2D eigenvalue weighted by atomic mass is 32.2. The molecule has 0 aliphatic heterocycles. The third kappa shape index (κ3) is 5.69. The smallest absolute Gasteiger partial charge is 0.251 e. The summed E-state index contributed by atoms with van der Waals surface area (Å²) in [7, 11) is -3.54. The van der Waals surface area contributed by atoms with Gasteiger partial charge < -0.3 is 5.32 Å². The fourth-order valence-corrected chi connectivity index (χ4v) is 3.47. The van der Waals surface area contributed by atoms with Crippen LogP contribution in [0, 0.1) is 12.8 Å². The van der Waals surface area contributed by atoms with Crippen LogP contribution in [0.2, 0.25) is 0 Å². The lowest BCUT2D eigenvalue weighted by Gasteiger charge is -2.10. The molecule has 2 aromatic carbocycles. The molecule has 0 saturated carbocycles. The maximum Gasteiger partial charge on any atom is 0.251 e. The van der Waals surface area contributed by atoms with Gasteiger partial charge in [-0.2, -0.15) is 0 Å². The highest BCUT2D eigenvalue weighted by molar-refractivity contribution is 7.89. The van der Waals surface area contributed by atoms with E-state index in [0.29, 0.717) is 18.7 Å². The number of sulfonamides is 1. The van der Waals surface area contributed by atoms with Crippen LogP contribution in [0.25, 0.3) is 0 Å². The molecule has 0 bridgehead atoms. The lowest BCUT2D eigenvalue weighted by Crippen LogP contribution is -2.27. The normalized spacial score (nSPS) is 11.5. The Kier molecular flexibility index (Phi) is 6.33. The number of rotatable bonds is 7. The second kappa shape index (κ2) is 8.27. The summed E-state index contributed by atoms with van der Waals surface area (Å²) >= 11 is 0. The molecule has 0 aromatic heterocycles. The highest BCUT2D eigenvalue weighted by Crippen LogP contribution is 2.11. The van der Waals surface area contributed by atoms with E-state index in [4.69, 9.17) is 0 Å². The number of carbonyl (C=O) groups is 1. The predicted molar refractivity (Wildman–Crippen MR) is 98.8 cm³/mol. The second-order valence-corrected chi connectivity index (χ2v) is 8.21. The van der Waals surface area contributed by atoms with Crippen molar-refractivity contribution in [3.05, 3.63) is 65.2 Å². The lowest BCUT2D eigenvalue weighted by atomic mass is 10.1. The summed E-state index contributed by atoms with van der Waals surface area (Å²) in [6.07, 6.45) is 0. The maximum absolute atomic E-state index is 12.2. The van der Waals surface area contributed by atoms with Crippen molar-refractivity contribution in [2.24, 2.45) is 5.92 Å². The van der Waals surface area contributed by atoms with Crippen molar-refractivity contribution in [2.75, 3.05) is 6.54 Å². The molecule has 0 atom stereocenters. The highest BCUT2D eigenvalue weighted by Gasteiger charge is 2.15. The molecule has 6 heteroatoms. The van der Waals surface area contributed by atoms with Gasteiger partial charge in [-0.1, -0.05) is 43.7 Å². The number of hydrogen-bond donors (Lipinski definition) is 2. The second-order valence-electron chi connectivity index (χ2n) is 6.44. The summed E-state index contributed by atoms with van der Waals surface area (Å²) in [5.74, 6) is -0.0120. The molecule has 1 amide bonds. The van der Waals surface area contributed by atoms with Crippen molar-refractivity contribution in [2.45, 2.75) is 32.2 Å². The van der Waals surface area contributed by atoms with Crippen LogP contribution >= 0.6 is 0 Å². The monoisotopic (exact) mass is 360 g/mol. The SMILES string of the molecule is Cc1cccc(CNC(=O)c2ccc(S(=O)(=O)NCC(C)C)cc2)c1. The van der Waals surface area contributed by atoms with Crippen LogP contribution in [0.1, 0.15) is 35.3 Å². The van der Waals surface area contributed by atoms with Crippen LogP contribution in [0.4, 0.5) is 0 Å². The van der Waals surface area contributed by atoms with Crippen LogP contribution in [0.15, 0.2) is 53.4 Å². The fourth-order valence-electron chi connectivity index (χ4n) is 2.25. The average Bonchev–Trinajstić information content (AvgIpc) is 2.58. The van der Waals surface area contributed by atoms with Gasteiger partial charge in [0.25, 0.3) is 5.91 Å². The number of nitrogens with one attached hydrogen (secondary N) is 2. The van der Waals surface area contributed by atoms with Crippen molar-refractivity contribution in [3.63, 3.8) is 0 Å². The Morgan fingerprint density at radius 3 is 2.36 bits per heavy atom. The van der Waals surface area contributed by atoms with E-state index in [1.807, 2.05) is 45.0 Å². The minimum Gasteiger partial charge on any atom is -0.348 e. The number of amides is 1. The zero-order valence-electron chi connectivity index (χ0n) is 14.7. The Labute approximate surface area is 149 Å². The molecule has 0 saturated heterocycles. The van der Waals surface area contributed by atoms with Gasteiger partial charge in [-0.05, 0) is 42.7 Å². The van der Waals surface area contributed by atoms with Crippen molar-refractivity contribution < 1.29 is 13.2 Å². The summed E-state index contributed by atoms with van der Waals surface area (Å²) in [6.45, 7) is 6.67. The van der Waals surface area contributed by atoms with Gasteiger partial charge in [-0.15, -0.1) is 0 Å². The summed E-state index contributed by atoms with van der Waals surface area (Å²) in [4.78, 5) is 12.4. The van der Waals surface area contributed by atoms with Crippen LogP contribution < -0.4 is 10.0 Å². The topological polar surface area (TPSA) is 75.3 Å². The molecular formula is C19H24N2O3S. The van der Waals surface area contributed by atoms with Gasteiger partial charge in [0.1, 0.15) is 0 Å². The van der Waals surface area contributed by atoms with E-state index in [1.54, 1.807) is 0 Å². The Morgan fingerprint density at radius 2 is 1.76 bits per heavy atom. The molecule has 0 heterocycles. The number of benzene rings is 2. The quantitative estimate of drug-likeness (QED) is 0.797. The molecule has 0 fully saturated rings. The number of aryl methyl sites for hydroxylation is 1. The maximum atomic E-state index is 12.2. The first-order valence-electron chi connectivity index (χ1n) is 8.21. The van der Waals surface area contributed by atoms with Gasteiger partial charge in [-0.25, -0.2) is 13.1 Å². The third-order valence-electron chi connectivity index (χ3n) is 3.64. The Morgan fingerprint density at radius 1 is 1.08 bits per heavy atom. The van der Waals surface area contributed by atoms with Crippen LogP contribution in [0.3, 0.4) is 0 Å². The zero-order chi connectivity index (χ0) is 18.4. The van der Waals surface area contributed by atoms with E-state index in [-0.39, 0.29) is 16.7 Å². The predicted octanol–water partition coefficient (Wildman–Crippen LogP) is 2.86. The largest absolute Gasteiger partial charge is 0.348 e. The van der Waals surface area contributed by atoms with Gasteiger partial charge in [0, 0.05) is 18.7 Å². The minimum absolute atomic E-state index is 0.156. The van der Waals surface area contributed by atoms with E-state index in [2.05, 4.69) is 10.0 Å². The van der Waals surface area contributed by atoms with E-state index < -0.39 is 10.0 Å². The van der Waals surface area contributed by atoms with E-state index in [1.165, 1.54) is 24.3 Å². The molecule has 0 radical (unpaired) electrons. The summed E-state index contributed by atoms with van der Waals surface area (Å²) < 4.78 is 26.8. The molecule has 0 spiro atoms. The first kappa shape index (κ1) is 19.1. The molecule has 0 unspecified atom stereocenters. The van der Waals surface area contributed by atoms with Crippen LogP contribution in [0.5, 0.6) is 0 Å². The van der Waals surface area contributed by atoms with Gasteiger partial charge in [0.05, 0.1) is 4.90 Å². The standard InChI is InChI=1S/C19H24N2O3S/c1-14(2)12-21-25(23,24)18-9-7-17(8-10-18)19(22)20-13-16-6-4-5-15(3)11-16/h4-11,14,21H,12-13H2,1-3H3,(H,20,22). The van der Waals surface area contributed by atoms with Gasteiger partial charge in [0.15, 0.2) is 0 Å². The zero-order valence-corrected chi connectivity index (χ0v) is 15.6. The first-order valence-corrected chi connectivity index (χ1v) is 9.70. The summed E-state index contributed by atoms with van der Waals surface area (Å²) in [6, 6.07) is 13.8. The van der Waals surface area contributed by atoms with E-state index in [9.17, 15) is 13.2 Å². The fraction of sp³-hybridized carbons (Fsp3) is 0.316. The van der Waals surface area contributed by atoms with Crippen molar-refractivity contribution in [3.8, 4) is 0 Å². The lowest BCUT2D eigenvalue weighted by molar-refractivity contribution is 0.0951. The third-order valence-corrected chi connectivity index (χ3v) is 5.08. The number of carbonyl (C=O) groups excluding carboxylic acids is 1. The van der Waals surface area contributed by atoms with Crippen molar-refractivity contribution in [1.82, 2.24) is 10.0 Å². The molecule has 25 heavy (non-hydrogen) atoms. The molecule has 2 rings (SSSR count). The molecule has 5 nitrogen and oxygen atoms in total. The average molecular weight is 360 g/mol. The first-order chi connectivity index (χ1) is 11.8. The Bertz CT molecular complexity index is 828. The molecule has 134 valence electrons. The van der Waals surface area contributed by atoms with E-state index >= 15 is 0 Å². The summed E-state index contributed by atoms with van der Waals surface area (Å²) in [5.41, 5.74) is 2.58. The van der Waals surface area contributed by atoms with Crippen molar-refractivity contribution in [1.29, 1.82) is 0 Å². The molecule has 2 aromatic rings. The molecule has 0 aliphatic rings. The minimum atomic E-state index is -3.54. The van der Waals surface area contributed by atoms with Gasteiger partial charge in [0.2, 0.25) is 10.0 Å². The molecule has 2 N–H and O–H groups in total. The van der Waals surface area contributed by atoms with Crippen LogP contribution in [-0.2, 0) is 16.6 Å². The molecule has 0 aliphatic carbocycles. The van der Waals surface area contributed by atoms with Crippen LogP contribution in [-0.4, -0.2) is 20.9 Å². The Hall–Kier alpha value is -2.18. The Balaban J connectivity index is 2.00. The molecular weight excluding hydrogens is 336 g/mol.